The molecule has 2 atom stereocenters. The number of aromatic nitrogens is 3. The van der Waals surface area contributed by atoms with Crippen molar-refractivity contribution in [1.29, 1.82) is 0 Å². The lowest BCUT2D eigenvalue weighted by Crippen LogP contribution is -2.43. The molecule has 0 aromatic carbocycles. The van der Waals surface area contributed by atoms with Gasteiger partial charge in [-0.3, -0.25) is 14.9 Å². The van der Waals surface area contributed by atoms with Gasteiger partial charge in [0.25, 0.3) is 0 Å². The van der Waals surface area contributed by atoms with Gasteiger partial charge in [0.15, 0.2) is 0 Å². The highest BCUT2D eigenvalue weighted by Gasteiger charge is 2.30. The van der Waals surface area contributed by atoms with Gasteiger partial charge in [-0.15, -0.1) is 0 Å². The summed E-state index contributed by atoms with van der Waals surface area (Å²) >= 11 is 0. The van der Waals surface area contributed by atoms with Crippen molar-refractivity contribution in [3.8, 4) is 0 Å². The summed E-state index contributed by atoms with van der Waals surface area (Å²) in [6, 6.07) is 0.354. The fourth-order valence-electron chi connectivity index (χ4n) is 3.83. The molecule has 0 saturated carbocycles. The average Bonchev–Trinajstić information content (AvgIpc) is 3.17. The van der Waals surface area contributed by atoms with Crippen LogP contribution in [0.2, 0.25) is 0 Å². The van der Waals surface area contributed by atoms with E-state index in [-0.39, 0.29) is 6.17 Å². The summed E-state index contributed by atoms with van der Waals surface area (Å²) in [6.45, 7) is 4.79. The molecule has 0 N–H and O–H groups in total. The molecule has 0 aliphatic carbocycles. The molecule has 3 aliphatic rings. The number of fused-ring (bicyclic) bond motifs is 1. The Bertz CT molecular complexity index is 743. The van der Waals surface area contributed by atoms with E-state index in [0.29, 0.717) is 6.04 Å². The SMILES string of the molecule is CCC1=Nc2ncnn2C(N(CC2=NCCC=C2)CC2CCCC=N2)C1. The molecule has 0 amide bonds. The van der Waals surface area contributed by atoms with Crippen molar-refractivity contribution in [2.45, 2.75) is 57.7 Å². The maximum atomic E-state index is 4.74. The van der Waals surface area contributed by atoms with Crippen LogP contribution >= 0.6 is 0 Å². The zero-order valence-electron chi connectivity index (χ0n) is 15.5. The van der Waals surface area contributed by atoms with Gasteiger partial charge in [-0.05, 0) is 44.4 Å². The molecular formula is C19H27N7. The van der Waals surface area contributed by atoms with Crippen molar-refractivity contribution in [1.82, 2.24) is 19.7 Å². The van der Waals surface area contributed by atoms with Crippen LogP contribution in [0.25, 0.3) is 0 Å². The molecule has 4 rings (SSSR count). The monoisotopic (exact) mass is 353 g/mol. The van der Waals surface area contributed by atoms with E-state index in [0.717, 1.165) is 63.4 Å². The minimum atomic E-state index is 0.134. The standard InChI is InChI=1S/C19H27N7/c1-2-15-11-18(26-19(24-15)22-14-23-26)25(12-16-7-3-5-9-20-16)13-17-8-4-6-10-21-17/h3,7,10,14,17-18H,2,4-6,8-9,11-13H2,1H3. The first-order chi connectivity index (χ1) is 12.8. The predicted octanol–water partition coefficient (Wildman–Crippen LogP) is 2.99. The van der Waals surface area contributed by atoms with Crippen molar-refractivity contribution in [2.24, 2.45) is 15.0 Å². The lowest BCUT2D eigenvalue weighted by atomic mass is 10.0. The van der Waals surface area contributed by atoms with Gasteiger partial charge >= 0.3 is 0 Å². The summed E-state index contributed by atoms with van der Waals surface area (Å²) in [5.74, 6) is 0.719. The van der Waals surface area contributed by atoms with E-state index >= 15 is 0 Å². The molecular weight excluding hydrogens is 326 g/mol. The smallest absolute Gasteiger partial charge is 0.249 e. The van der Waals surface area contributed by atoms with Gasteiger partial charge in [-0.2, -0.15) is 10.1 Å². The van der Waals surface area contributed by atoms with E-state index in [1.54, 1.807) is 6.33 Å². The van der Waals surface area contributed by atoms with Crippen molar-refractivity contribution < 1.29 is 0 Å². The van der Waals surface area contributed by atoms with Gasteiger partial charge in [-0.25, -0.2) is 9.67 Å². The lowest BCUT2D eigenvalue weighted by molar-refractivity contribution is 0.141. The lowest BCUT2D eigenvalue weighted by Gasteiger charge is -2.36. The van der Waals surface area contributed by atoms with Gasteiger partial charge in [-0.1, -0.05) is 13.0 Å². The Labute approximate surface area is 154 Å². The third-order valence-electron chi connectivity index (χ3n) is 5.26. The molecule has 7 heteroatoms. The van der Waals surface area contributed by atoms with Gasteiger partial charge in [0.1, 0.15) is 12.5 Å². The molecule has 0 radical (unpaired) electrons. The van der Waals surface area contributed by atoms with E-state index in [9.17, 15) is 0 Å². The van der Waals surface area contributed by atoms with E-state index in [4.69, 9.17) is 9.98 Å². The summed E-state index contributed by atoms with van der Waals surface area (Å²) < 4.78 is 1.97. The summed E-state index contributed by atoms with van der Waals surface area (Å²) in [4.78, 5) is 20.9. The number of dihydropyridines is 1. The quantitative estimate of drug-likeness (QED) is 0.789. The zero-order chi connectivity index (χ0) is 17.8. The van der Waals surface area contributed by atoms with Crippen LogP contribution < -0.4 is 0 Å². The van der Waals surface area contributed by atoms with Crippen LogP contribution in [0.5, 0.6) is 0 Å². The van der Waals surface area contributed by atoms with Crippen LogP contribution in [0.1, 0.15) is 51.6 Å². The Morgan fingerprint density at radius 1 is 1.31 bits per heavy atom. The predicted molar refractivity (Wildman–Crippen MR) is 105 cm³/mol. The zero-order valence-corrected chi connectivity index (χ0v) is 15.5. The van der Waals surface area contributed by atoms with Crippen LogP contribution in [0.4, 0.5) is 5.95 Å². The first kappa shape index (κ1) is 17.3. The van der Waals surface area contributed by atoms with Crippen molar-refractivity contribution >= 4 is 23.6 Å². The van der Waals surface area contributed by atoms with Crippen LogP contribution in [-0.2, 0) is 0 Å². The number of nitrogens with zero attached hydrogens (tertiary/aromatic N) is 7. The molecule has 2 unspecified atom stereocenters. The van der Waals surface area contributed by atoms with E-state index in [1.165, 1.54) is 12.1 Å². The van der Waals surface area contributed by atoms with Crippen molar-refractivity contribution in [2.75, 3.05) is 19.6 Å². The molecule has 4 heterocycles. The second kappa shape index (κ2) is 8.03. The van der Waals surface area contributed by atoms with Crippen LogP contribution in [0.3, 0.4) is 0 Å². The highest BCUT2D eigenvalue weighted by molar-refractivity contribution is 5.97. The molecule has 0 spiro atoms. The molecule has 1 aromatic rings. The maximum Gasteiger partial charge on any atom is 0.249 e. The number of hydrogen-bond donors (Lipinski definition) is 0. The van der Waals surface area contributed by atoms with Crippen molar-refractivity contribution in [3.63, 3.8) is 0 Å². The number of aliphatic imine (C=N–C) groups is 3. The second-order valence-corrected chi connectivity index (χ2v) is 7.13. The fourth-order valence-corrected chi connectivity index (χ4v) is 3.83. The number of rotatable bonds is 6. The van der Waals surface area contributed by atoms with Gasteiger partial charge in [0, 0.05) is 37.5 Å². The Morgan fingerprint density at radius 3 is 3.04 bits per heavy atom. The maximum absolute atomic E-state index is 4.74. The Morgan fingerprint density at radius 2 is 2.27 bits per heavy atom. The fraction of sp³-hybridized carbons (Fsp3) is 0.632. The summed E-state index contributed by atoms with van der Waals surface area (Å²) in [5.41, 5.74) is 2.34. The Kier molecular flexibility index (Phi) is 5.34. The Hall–Kier alpha value is -2.15. The summed E-state index contributed by atoms with van der Waals surface area (Å²) in [7, 11) is 0. The minimum absolute atomic E-state index is 0.134. The van der Waals surface area contributed by atoms with Gasteiger partial charge in [0.05, 0.1) is 6.04 Å². The molecule has 7 nitrogen and oxygen atoms in total. The summed E-state index contributed by atoms with van der Waals surface area (Å²) in [6.07, 6.45) is 14.6. The molecule has 0 saturated heterocycles. The third-order valence-corrected chi connectivity index (χ3v) is 5.26. The first-order valence-corrected chi connectivity index (χ1v) is 9.75. The van der Waals surface area contributed by atoms with Crippen LogP contribution in [-0.4, -0.2) is 63.0 Å². The van der Waals surface area contributed by atoms with E-state index < -0.39 is 0 Å². The highest BCUT2D eigenvalue weighted by Crippen LogP contribution is 2.29. The van der Waals surface area contributed by atoms with Crippen LogP contribution in [0.15, 0.2) is 33.5 Å². The second-order valence-electron chi connectivity index (χ2n) is 7.13. The van der Waals surface area contributed by atoms with Gasteiger partial charge in [0.2, 0.25) is 5.95 Å². The van der Waals surface area contributed by atoms with E-state index in [2.05, 4.69) is 45.3 Å². The number of hydrogen-bond acceptors (Lipinski definition) is 6. The van der Waals surface area contributed by atoms with E-state index in [1.807, 2.05) is 4.68 Å². The van der Waals surface area contributed by atoms with Crippen LogP contribution in [0, 0.1) is 0 Å². The normalized spacial score (nSPS) is 25.2. The molecule has 0 fully saturated rings. The largest absolute Gasteiger partial charge is 0.293 e. The average molecular weight is 353 g/mol. The molecule has 138 valence electrons. The van der Waals surface area contributed by atoms with Gasteiger partial charge < -0.3 is 0 Å². The first-order valence-electron chi connectivity index (χ1n) is 9.75. The molecule has 26 heavy (non-hydrogen) atoms. The van der Waals surface area contributed by atoms with Crippen molar-refractivity contribution in [3.05, 3.63) is 18.5 Å². The third kappa shape index (κ3) is 3.82. The molecule has 3 aliphatic heterocycles. The minimum Gasteiger partial charge on any atom is -0.293 e. The highest BCUT2D eigenvalue weighted by atomic mass is 15.5. The molecule has 0 bridgehead atoms. The molecule has 1 aromatic heterocycles. The Balaban J connectivity index is 1.60. The topological polar surface area (TPSA) is 71.0 Å². The summed E-state index contributed by atoms with van der Waals surface area (Å²) in [5, 5.41) is 4.47.